The number of fused-ring (bicyclic) bond motifs is 1. The molecule has 3 amide bonds. The average molecular weight is 324 g/mol. The fraction of sp³-hybridized carbons (Fsp3) is 0.167. The van der Waals surface area contributed by atoms with Gasteiger partial charge in [-0.1, -0.05) is 12.1 Å². The van der Waals surface area contributed by atoms with Crippen LogP contribution in [0.15, 0.2) is 48.5 Å². The Morgan fingerprint density at radius 2 is 1.58 bits per heavy atom. The Morgan fingerprint density at radius 3 is 2.12 bits per heavy atom. The van der Waals surface area contributed by atoms with Crippen LogP contribution >= 0.6 is 0 Å². The molecule has 1 N–H and O–H groups in total. The van der Waals surface area contributed by atoms with Gasteiger partial charge in [0.25, 0.3) is 11.8 Å². The molecule has 0 spiro atoms. The molecule has 2 aromatic carbocycles. The maximum Gasteiger partial charge on any atom is 0.261 e. The van der Waals surface area contributed by atoms with Gasteiger partial charge >= 0.3 is 0 Å². The maximum atomic E-state index is 12.2. The summed E-state index contributed by atoms with van der Waals surface area (Å²) in [5.74, 6) is -0.129. The van der Waals surface area contributed by atoms with E-state index in [0.29, 0.717) is 22.6 Å². The number of hydrogen-bond acceptors (Lipinski definition) is 4. The van der Waals surface area contributed by atoms with Crippen molar-refractivity contribution >= 4 is 23.4 Å². The van der Waals surface area contributed by atoms with Crippen LogP contribution in [0.2, 0.25) is 0 Å². The first-order chi connectivity index (χ1) is 11.6. The lowest BCUT2D eigenvalue weighted by atomic mass is 10.1. The molecule has 1 aliphatic heterocycles. The van der Waals surface area contributed by atoms with Gasteiger partial charge in [-0.3, -0.25) is 19.3 Å². The molecule has 122 valence electrons. The zero-order valence-electron chi connectivity index (χ0n) is 13.1. The molecular formula is C18H16N2O4. The predicted molar refractivity (Wildman–Crippen MR) is 88.0 cm³/mol. The largest absolute Gasteiger partial charge is 0.492 e. The zero-order valence-corrected chi connectivity index (χ0v) is 13.1. The van der Waals surface area contributed by atoms with Crippen LogP contribution in [0.4, 0.5) is 5.69 Å². The van der Waals surface area contributed by atoms with Gasteiger partial charge in [-0.05, 0) is 36.4 Å². The number of ether oxygens (including phenoxy) is 1. The van der Waals surface area contributed by atoms with Crippen molar-refractivity contribution in [3.8, 4) is 5.75 Å². The number of rotatable bonds is 5. The van der Waals surface area contributed by atoms with Crippen molar-refractivity contribution < 1.29 is 19.1 Å². The molecule has 2 aromatic rings. The van der Waals surface area contributed by atoms with E-state index < -0.39 is 0 Å². The Balaban J connectivity index is 1.57. The van der Waals surface area contributed by atoms with Crippen LogP contribution in [0.5, 0.6) is 5.75 Å². The van der Waals surface area contributed by atoms with Crippen LogP contribution in [0.25, 0.3) is 0 Å². The van der Waals surface area contributed by atoms with E-state index in [1.165, 1.54) is 11.8 Å². The maximum absolute atomic E-state index is 12.2. The Bertz CT molecular complexity index is 764. The van der Waals surface area contributed by atoms with Gasteiger partial charge in [0, 0.05) is 12.6 Å². The highest BCUT2D eigenvalue weighted by molar-refractivity contribution is 6.21. The molecule has 0 saturated carbocycles. The lowest BCUT2D eigenvalue weighted by Crippen LogP contribution is -2.33. The molecule has 3 rings (SSSR count). The highest BCUT2D eigenvalue weighted by atomic mass is 16.5. The van der Waals surface area contributed by atoms with Crippen molar-refractivity contribution in [1.29, 1.82) is 0 Å². The van der Waals surface area contributed by atoms with Gasteiger partial charge in [-0.25, -0.2) is 0 Å². The Labute approximate surface area is 139 Å². The third kappa shape index (κ3) is 3.12. The first-order valence-electron chi connectivity index (χ1n) is 7.52. The zero-order chi connectivity index (χ0) is 17.1. The molecule has 0 atom stereocenters. The van der Waals surface area contributed by atoms with Crippen molar-refractivity contribution in [3.63, 3.8) is 0 Å². The second-order valence-electron chi connectivity index (χ2n) is 5.36. The molecule has 24 heavy (non-hydrogen) atoms. The summed E-state index contributed by atoms with van der Waals surface area (Å²) in [7, 11) is 0. The minimum absolute atomic E-state index is 0.144. The number of nitrogens with one attached hydrogen (secondary N) is 1. The second kappa shape index (κ2) is 6.54. The summed E-state index contributed by atoms with van der Waals surface area (Å²) in [4.78, 5) is 36.6. The van der Waals surface area contributed by atoms with Gasteiger partial charge in [-0.2, -0.15) is 0 Å². The highest BCUT2D eigenvalue weighted by Crippen LogP contribution is 2.22. The summed E-state index contributed by atoms with van der Waals surface area (Å²) in [6, 6.07) is 13.6. The molecule has 0 aromatic heterocycles. The number of hydrogen-bond donors (Lipinski definition) is 1. The predicted octanol–water partition coefficient (Wildman–Crippen LogP) is 2.32. The van der Waals surface area contributed by atoms with Crippen molar-refractivity contribution in [3.05, 3.63) is 59.7 Å². The van der Waals surface area contributed by atoms with Gasteiger partial charge in [0.05, 0.1) is 17.7 Å². The topological polar surface area (TPSA) is 75.7 Å². The molecule has 0 unspecified atom stereocenters. The number of nitrogens with zero attached hydrogens (tertiary/aromatic N) is 1. The molecule has 0 saturated heterocycles. The van der Waals surface area contributed by atoms with Crippen LogP contribution in [0.1, 0.15) is 27.6 Å². The summed E-state index contributed by atoms with van der Waals surface area (Å²) in [6.45, 7) is 1.82. The van der Waals surface area contributed by atoms with Crippen LogP contribution in [-0.4, -0.2) is 35.8 Å². The first kappa shape index (κ1) is 15.7. The number of carbonyl (C=O) groups is 3. The van der Waals surface area contributed by atoms with Gasteiger partial charge in [0.15, 0.2) is 0 Å². The summed E-state index contributed by atoms with van der Waals surface area (Å²) in [6.07, 6.45) is 0. The standard InChI is InChI=1S/C18H16N2O4/c1-12(21)19-13-6-8-14(9-7-13)24-11-10-20-17(22)15-4-2-3-5-16(15)18(20)23/h2-9H,10-11H2,1H3,(H,19,21). The number of amides is 3. The summed E-state index contributed by atoms with van der Waals surface area (Å²) in [5, 5.41) is 2.66. The summed E-state index contributed by atoms with van der Waals surface area (Å²) in [5.41, 5.74) is 1.54. The van der Waals surface area contributed by atoms with E-state index in [9.17, 15) is 14.4 Å². The van der Waals surface area contributed by atoms with E-state index >= 15 is 0 Å². The van der Waals surface area contributed by atoms with Crippen LogP contribution in [0.3, 0.4) is 0 Å². The Kier molecular flexibility index (Phi) is 4.29. The normalized spacial score (nSPS) is 13.0. The number of carbonyl (C=O) groups excluding carboxylic acids is 3. The molecule has 1 aliphatic rings. The SMILES string of the molecule is CC(=O)Nc1ccc(OCCN2C(=O)c3ccccc3C2=O)cc1. The molecule has 1 heterocycles. The van der Waals surface area contributed by atoms with E-state index in [1.807, 2.05) is 0 Å². The number of benzene rings is 2. The van der Waals surface area contributed by atoms with Gasteiger partial charge in [-0.15, -0.1) is 0 Å². The molecule has 6 heteroatoms. The van der Waals surface area contributed by atoms with Crippen molar-refractivity contribution in [1.82, 2.24) is 4.90 Å². The van der Waals surface area contributed by atoms with Crippen LogP contribution in [-0.2, 0) is 4.79 Å². The first-order valence-corrected chi connectivity index (χ1v) is 7.52. The van der Waals surface area contributed by atoms with Crippen molar-refractivity contribution in [2.45, 2.75) is 6.92 Å². The molecule has 0 bridgehead atoms. The van der Waals surface area contributed by atoms with E-state index in [4.69, 9.17) is 4.74 Å². The van der Waals surface area contributed by atoms with E-state index in [1.54, 1.807) is 48.5 Å². The fourth-order valence-corrected chi connectivity index (χ4v) is 2.53. The van der Waals surface area contributed by atoms with Crippen molar-refractivity contribution in [2.75, 3.05) is 18.5 Å². The second-order valence-corrected chi connectivity index (χ2v) is 5.36. The Morgan fingerprint density at radius 1 is 1.00 bits per heavy atom. The minimum Gasteiger partial charge on any atom is -0.492 e. The molecular weight excluding hydrogens is 308 g/mol. The van der Waals surface area contributed by atoms with Crippen LogP contribution in [0, 0.1) is 0 Å². The third-order valence-electron chi connectivity index (χ3n) is 3.64. The van der Waals surface area contributed by atoms with Gasteiger partial charge in [0.2, 0.25) is 5.91 Å². The lowest BCUT2D eigenvalue weighted by molar-refractivity contribution is -0.114. The molecule has 6 nitrogen and oxygen atoms in total. The molecule has 0 fully saturated rings. The van der Waals surface area contributed by atoms with E-state index in [0.717, 1.165) is 0 Å². The Hall–Kier alpha value is -3.15. The summed E-state index contributed by atoms with van der Waals surface area (Å²) < 4.78 is 5.56. The molecule has 0 aliphatic carbocycles. The van der Waals surface area contributed by atoms with Crippen LogP contribution < -0.4 is 10.1 Å². The quantitative estimate of drug-likeness (QED) is 0.857. The third-order valence-corrected chi connectivity index (χ3v) is 3.64. The van der Waals surface area contributed by atoms with E-state index in [2.05, 4.69) is 5.32 Å². The minimum atomic E-state index is -0.291. The highest BCUT2D eigenvalue weighted by Gasteiger charge is 2.34. The van der Waals surface area contributed by atoms with Gasteiger partial charge < -0.3 is 10.1 Å². The lowest BCUT2D eigenvalue weighted by Gasteiger charge is -2.14. The van der Waals surface area contributed by atoms with E-state index in [-0.39, 0.29) is 30.9 Å². The summed E-state index contributed by atoms with van der Waals surface area (Å²) >= 11 is 0. The number of anilines is 1. The van der Waals surface area contributed by atoms with Gasteiger partial charge in [0.1, 0.15) is 12.4 Å². The van der Waals surface area contributed by atoms with Crippen molar-refractivity contribution in [2.24, 2.45) is 0 Å². The monoisotopic (exact) mass is 324 g/mol. The smallest absolute Gasteiger partial charge is 0.261 e. The number of imide groups is 1. The fourth-order valence-electron chi connectivity index (χ4n) is 2.53. The average Bonchev–Trinajstić information content (AvgIpc) is 2.81. The molecule has 0 radical (unpaired) electrons.